The number of carbonyl (C=O) groups is 1. The van der Waals surface area contributed by atoms with Gasteiger partial charge in [0, 0.05) is 5.56 Å². The largest absolute Gasteiger partial charge is 0.493 e. The van der Waals surface area contributed by atoms with Crippen LogP contribution < -0.4 is 19.5 Å². The molecule has 0 saturated carbocycles. The predicted octanol–water partition coefficient (Wildman–Crippen LogP) is 4.23. The number of halogens is 1. The third kappa shape index (κ3) is 3.57. The van der Waals surface area contributed by atoms with Crippen molar-refractivity contribution in [3.05, 3.63) is 46.0 Å². The molecule has 1 amide bonds. The summed E-state index contributed by atoms with van der Waals surface area (Å²) in [5.41, 5.74) is 2.88. The molecule has 0 atom stereocenters. The Morgan fingerprint density at radius 2 is 1.54 bits per heavy atom. The number of aryl methyl sites for hydroxylation is 2. The van der Waals surface area contributed by atoms with Crippen LogP contribution in [0.4, 0.5) is 5.69 Å². The van der Waals surface area contributed by atoms with Gasteiger partial charge in [0.25, 0.3) is 5.91 Å². The first-order valence-electron chi connectivity index (χ1n) is 7.29. The minimum absolute atomic E-state index is 0.317. The molecule has 2 aromatic carbocycles. The van der Waals surface area contributed by atoms with Gasteiger partial charge in [-0.25, -0.2) is 0 Å². The Morgan fingerprint density at radius 3 is 2.00 bits per heavy atom. The van der Waals surface area contributed by atoms with Gasteiger partial charge in [-0.05, 0) is 43.2 Å². The number of rotatable bonds is 5. The second-order valence-corrected chi connectivity index (χ2v) is 5.71. The van der Waals surface area contributed by atoms with Gasteiger partial charge in [-0.3, -0.25) is 4.79 Å². The Bertz CT molecular complexity index is 726. The number of carbonyl (C=O) groups excluding carboxylic acids is 1. The van der Waals surface area contributed by atoms with Crippen LogP contribution >= 0.6 is 11.6 Å². The van der Waals surface area contributed by atoms with E-state index in [1.807, 2.05) is 19.9 Å². The number of anilines is 1. The van der Waals surface area contributed by atoms with Crippen molar-refractivity contribution >= 4 is 23.2 Å². The number of ether oxygens (including phenoxy) is 3. The highest BCUT2D eigenvalue weighted by molar-refractivity contribution is 6.34. The Kier molecular flexibility index (Phi) is 5.57. The molecule has 0 heterocycles. The third-order valence-electron chi connectivity index (χ3n) is 3.60. The molecule has 0 radical (unpaired) electrons. The van der Waals surface area contributed by atoms with E-state index in [1.165, 1.54) is 21.3 Å². The molecule has 5 nitrogen and oxygen atoms in total. The van der Waals surface area contributed by atoms with Gasteiger partial charge >= 0.3 is 0 Å². The Balaban J connectivity index is 2.40. The summed E-state index contributed by atoms with van der Waals surface area (Å²) in [6, 6.07) is 6.94. The number of hydrogen-bond donors (Lipinski definition) is 1. The first kappa shape index (κ1) is 17.9. The van der Waals surface area contributed by atoms with Gasteiger partial charge in [0.2, 0.25) is 5.75 Å². The normalized spacial score (nSPS) is 10.2. The summed E-state index contributed by atoms with van der Waals surface area (Å²) in [6.07, 6.45) is 0. The first-order chi connectivity index (χ1) is 11.4. The van der Waals surface area contributed by atoms with Crippen LogP contribution in [0.25, 0.3) is 0 Å². The van der Waals surface area contributed by atoms with Gasteiger partial charge in [-0.2, -0.15) is 0 Å². The van der Waals surface area contributed by atoms with Crippen molar-refractivity contribution in [3.63, 3.8) is 0 Å². The third-order valence-corrected chi connectivity index (χ3v) is 3.90. The van der Waals surface area contributed by atoms with Crippen molar-refractivity contribution in [3.8, 4) is 17.2 Å². The second kappa shape index (κ2) is 7.45. The molecule has 0 unspecified atom stereocenters. The fraction of sp³-hybridized carbons (Fsp3) is 0.278. The van der Waals surface area contributed by atoms with Crippen LogP contribution in [0.3, 0.4) is 0 Å². The zero-order chi connectivity index (χ0) is 17.9. The molecule has 2 rings (SSSR count). The molecule has 0 bridgehead atoms. The molecule has 6 heteroatoms. The number of nitrogens with one attached hydrogen (secondary N) is 1. The smallest absolute Gasteiger partial charge is 0.255 e. The maximum atomic E-state index is 12.6. The highest BCUT2D eigenvalue weighted by atomic mass is 35.5. The molecule has 2 aromatic rings. The number of methoxy groups -OCH3 is 3. The van der Waals surface area contributed by atoms with Crippen molar-refractivity contribution in [2.24, 2.45) is 0 Å². The van der Waals surface area contributed by atoms with E-state index in [4.69, 9.17) is 25.8 Å². The summed E-state index contributed by atoms with van der Waals surface area (Å²) < 4.78 is 15.8. The molecule has 128 valence electrons. The summed E-state index contributed by atoms with van der Waals surface area (Å²) in [5.74, 6) is 0.937. The summed E-state index contributed by atoms with van der Waals surface area (Å²) in [4.78, 5) is 12.6. The lowest BCUT2D eigenvalue weighted by Crippen LogP contribution is -2.14. The molecule has 0 saturated heterocycles. The maximum Gasteiger partial charge on any atom is 0.255 e. The van der Waals surface area contributed by atoms with Crippen molar-refractivity contribution in [1.29, 1.82) is 0 Å². The maximum absolute atomic E-state index is 12.6. The van der Waals surface area contributed by atoms with E-state index in [1.54, 1.807) is 18.2 Å². The lowest BCUT2D eigenvalue weighted by atomic mass is 10.1. The van der Waals surface area contributed by atoms with E-state index in [0.717, 1.165) is 11.1 Å². The lowest BCUT2D eigenvalue weighted by molar-refractivity contribution is 0.102. The molecule has 24 heavy (non-hydrogen) atoms. The number of benzene rings is 2. The van der Waals surface area contributed by atoms with E-state index in [2.05, 4.69) is 5.32 Å². The summed E-state index contributed by atoms with van der Waals surface area (Å²) >= 11 is 6.25. The van der Waals surface area contributed by atoms with Gasteiger partial charge in [0.05, 0.1) is 32.0 Å². The predicted molar refractivity (Wildman–Crippen MR) is 95.0 cm³/mol. The van der Waals surface area contributed by atoms with Crippen LogP contribution in [-0.2, 0) is 0 Å². The van der Waals surface area contributed by atoms with E-state index in [-0.39, 0.29) is 5.91 Å². The van der Waals surface area contributed by atoms with E-state index >= 15 is 0 Å². The van der Waals surface area contributed by atoms with Gasteiger partial charge in [0.15, 0.2) is 11.5 Å². The van der Waals surface area contributed by atoms with Gasteiger partial charge in [-0.1, -0.05) is 17.7 Å². The molecule has 0 aromatic heterocycles. The Labute approximate surface area is 146 Å². The zero-order valence-corrected chi connectivity index (χ0v) is 15.1. The number of amides is 1. The molecular weight excluding hydrogens is 330 g/mol. The standard InChI is InChI=1S/C18H20ClNO4/c1-10-6-11(2)16(13(19)7-10)20-18(21)12-8-14(22-3)17(24-5)15(9-12)23-4/h6-9H,1-5H3,(H,20,21). The highest BCUT2D eigenvalue weighted by Gasteiger charge is 2.18. The topological polar surface area (TPSA) is 56.8 Å². The summed E-state index contributed by atoms with van der Waals surface area (Å²) in [6.45, 7) is 3.84. The van der Waals surface area contributed by atoms with Crippen molar-refractivity contribution in [1.82, 2.24) is 0 Å². The SMILES string of the molecule is COc1cc(C(=O)Nc2c(C)cc(C)cc2Cl)cc(OC)c1OC. The Morgan fingerprint density at radius 1 is 0.958 bits per heavy atom. The van der Waals surface area contributed by atoms with Crippen molar-refractivity contribution in [2.75, 3.05) is 26.6 Å². The van der Waals surface area contributed by atoms with E-state index < -0.39 is 0 Å². The summed E-state index contributed by atoms with van der Waals surface area (Å²) in [5, 5.41) is 3.33. The second-order valence-electron chi connectivity index (χ2n) is 5.31. The zero-order valence-electron chi connectivity index (χ0n) is 14.3. The fourth-order valence-corrected chi connectivity index (χ4v) is 2.84. The molecule has 1 N–H and O–H groups in total. The van der Waals surface area contributed by atoms with E-state index in [0.29, 0.717) is 33.5 Å². The first-order valence-corrected chi connectivity index (χ1v) is 7.67. The minimum atomic E-state index is -0.317. The number of hydrogen-bond acceptors (Lipinski definition) is 4. The minimum Gasteiger partial charge on any atom is -0.493 e. The van der Waals surface area contributed by atoms with E-state index in [9.17, 15) is 4.79 Å². The average molecular weight is 350 g/mol. The fourth-order valence-electron chi connectivity index (χ4n) is 2.47. The highest BCUT2D eigenvalue weighted by Crippen LogP contribution is 2.38. The van der Waals surface area contributed by atoms with Crippen LogP contribution in [0, 0.1) is 13.8 Å². The molecule has 0 fully saturated rings. The van der Waals surface area contributed by atoms with Crippen molar-refractivity contribution < 1.29 is 19.0 Å². The molecule has 0 aliphatic rings. The van der Waals surface area contributed by atoms with Gasteiger partial charge in [0.1, 0.15) is 0 Å². The summed E-state index contributed by atoms with van der Waals surface area (Å²) in [7, 11) is 4.51. The Hall–Kier alpha value is -2.40. The quantitative estimate of drug-likeness (QED) is 0.877. The molecule has 0 spiro atoms. The van der Waals surface area contributed by atoms with Crippen LogP contribution in [0.1, 0.15) is 21.5 Å². The molecular formula is C18H20ClNO4. The van der Waals surface area contributed by atoms with Crippen molar-refractivity contribution in [2.45, 2.75) is 13.8 Å². The molecule has 0 aliphatic carbocycles. The van der Waals surface area contributed by atoms with Gasteiger partial charge in [-0.15, -0.1) is 0 Å². The monoisotopic (exact) mass is 349 g/mol. The van der Waals surface area contributed by atoms with Crippen LogP contribution in [0.15, 0.2) is 24.3 Å². The van der Waals surface area contributed by atoms with Gasteiger partial charge < -0.3 is 19.5 Å². The lowest BCUT2D eigenvalue weighted by Gasteiger charge is -2.15. The van der Waals surface area contributed by atoms with Crippen LogP contribution in [0.2, 0.25) is 5.02 Å². The average Bonchev–Trinajstić information content (AvgIpc) is 2.56. The van der Waals surface area contributed by atoms with Crippen LogP contribution in [0.5, 0.6) is 17.2 Å². The van der Waals surface area contributed by atoms with Crippen LogP contribution in [-0.4, -0.2) is 27.2 Å². The molecule has 0 aliphatic heterocycles.